The molecule has 6 rings (SSSR count). The molecule has 2 aliphatic heterocycles. The van der Waals surface area contributed by atoms with Gasteiger partial charge in [0, 0.05) is 63.0 Å². The summed E-state index contributed by atoms with van der Waals surface area (Å²) in [6.07, 6.45) is 9.41. The number of aryl methyl sites for hydroxylation is 1. The molecule has 0 fully saturated rings. The molecule has 0 saturated heterocycles. The highest BCUT2D eigenvalue weighted by Gasteiger charge is 2.33. The molecule has 2 aliphatic rings. The molecule has 0 aromatic carbocycles. The molecule has 0 atom stereocenters. The molecular formula is C29H31N7O4. The summed E-state index contributed by atoms with van der Waals surface area (Å²) in [6, 6.07) is 9.00. The first-order valence-corrected chi connectivity index (χ1v) is 13.4. The summed E-state index contributed by atoms with van der Waals surface area (Å²) in [5, 5.41) is 6.15. The summed E-state index contributed by atoms with van der Waals surface area (Å²) in [6.45, 7) is 2.02. The van der Waals surface area contributed by atoms with E-state index in [1.807, 2.05) is 24.2 Å². The number of aromatic nitrogens is 5. The molecule has 0 aliphatic carbocycles. The Bertz CT molecular complexity index is 1650. The van der Waals surface area contributed by atoms with Crippen LogP contribution in [0.25, 0.3) is 5.69 Å². The number of methoxy groups -OCH3 is 1. The third-order valence-corrected chi connectivity index (χ3v) is 7.73. The molecule has 0 saturated carbocycles. The molecule has 0 N–H and O–H groups in total. The normalized spacial score (nSPS) is 14.7. The fourth-order valence-electron chi connectivity index (χ4n) is 5.87. The van der Waals surface area contributed by atoms with Crippen molar-refractivity contribution in [3.63, 3.8) is 0 Å². The highest BCUT2D eigenvalue weighted by molar-refractivity contribution is 6.10. The number of carbonyl (C=O) groups excluding carboxylic acids is 2. The van der Waals surface area contributed by atoms with Gasteiger partial charge in [0.25, 0.3) is 11.5 Å². The van der Waals surface area contributed by atoms with Gasteiger partial charge in [-0.3, -0.25) is 28.9 Å². The van der Waals surface area contributed by atoms with E-state index >= 15 is 0 Å². The van der Waals surface area contributed by atoms with Crippen LogP contribution in [-0.2, 0) is 37.3 Å². The zero-order chi connectivity index (χ0) is 27.8. The number of rotatable bonds is 8. The third kappa shape index (κ3) is 4.32. The second-order valence-corrected chi connectivity index (χ2v) is 10.2. The fraction of sp³-hybridized carbons (Fsp3) is 0.345. The maximum Gasteiger partial charge on any atom is 0.261 e. The Morgan fingerprint density at radius 1 is 1.10 bits per heavy atom. The van der Waals surface area contributed by atoms with Crippen LogP contribution in [-0.4, -0.2) is 56.9 Å². The molecule has 0 spiro atoms. The van der Waals surface area contributed by atoms with E-state index in [0.717, 1.165) is 37.2 Å². The second kappa shape index (κ2) is 10.6. The van der Waals surface area contributed by atoms with Crippen LogP contribution in [0.5, 0.6) is 0 Å². The van der Waals surface area contributed by atoms with Crippen molar-refractivity contribution in [3.8, 4) is 5.69 Å². The average Bonchev–Trinajstić information content (AvgIpc) is 3.59. The van der Waals surface area contributed by atoms with E-state index in [0.29, 0.717) is 42.7 Å². The largest absolute Gasteiger partial charge is 0.378 e. The van der Waals surface area contributed by atoms with Crippen molar-refractivity contribution in [2.45, 2.75) is 45.4 Å². The van der Waals surface area contributed by atoms with Gasteiger partial charge in [-0.05, 0) is 43.5 Å². The van der Waals surface area contributed by atoms with E-state index < -0.39 is 0 Å². The van der Waals surface area contributed by atoms with Crippen LogP contribution in [0.1, 0.15) is 56.2 Å². The van der Waals surface area contributed by atoms with E-state index in [1.165, 1.54) is 16.5 Å². The van der Waals surface area contributed by atoms with Crippen molar-refractivity contribution in [1.29, 1.82) is 0 Å². The predicted octanol–water partition coefficient (Wildman–Crippen LogP) is 2.50. The first-order chi connectivity index (χ1) is 19.5. The topological polar surface area (TPSA) is 107 Å². The summed E-state index contributed by atoms with van der Waals surface area (Å²) >= 11 is 0. The highest BCUT2D eigenvalue weighted by atomic mass is 16.5. The molecule has 206 valence electrons. The number of pyridine rings is 2. The number of aldehydes is 1. The number of nitrogens with zero attached hydrogens (tertiary/aromatic N) is 7. The molecule has 40 heavy (non-hydrogen) atoms. The predicted molar refractivity (Wildman–Crippen MR) is 149 cm³/mol. The number of hydrogen-bond acceptors (Lipinski definition) is 7. The summed E-state index contributed by atoms with van der Waals surface area (Å²) in [4.78, 5) is 47.5. The average molecular weight is 542 g/mol. The molecule has 4 aromatic rings. The van der Waals surface area contributed by atoms with Crippen molar-refractivity contribution >= 4 is 18.0 Å². The minimum Gasteiger partial charge on any atom is -0.378 e. The van der Waals surface area contributed by atoms with Gasteiger partial charge in [0.1, 0.15) is 5.82 Å². The van der Waals surface area contributed by atoms with Crippen LogP contribution in [0.15, 0.2) is 53.7 Å². The first-order valence-electron chi connectivity index (χ1n) is 13.4. The van der Waals surface area contributed by atoms with Gasteiger partial charge >= 0.3 is 0 Å². The van der Waals surface area contributed by atoms with Crippen molar-refractivity contribution in [1.82, 2.24) is 24.0 Å². The van der Waals surface area contributed by atoms with E-state index in [9.17, 15) is 14.4 Å². The van der Waals surface area contributed by atoms with Gasteiger partial charge in [0.05, 0.1) is 41.9 Å². The second-order valence-electron chi connectivity index (χ2n) is 10.2. The number of anilines is 1. The minimum absolute atomic E-state index is 0.162. The molecule has 0 bridgehead atoms. The number of fused-ring (bicyclic) bond motifs is 3. The Morgan fingerprint density at radius 2 is 1.98 bits per heavy atom. The smallest absolute Gasteiger partial charge is 0.261 e. The summed E-state index contributed by atoms with van der Waals surface area (Å²) < 4.78 is 8.96. The lowest BCUT2D eigenvalue weighted by Gasteiger charge is -2.29. The maximum atomic E-state index is 13.6. The van der Waals surface area contributed by atoms with E-state index in [1.54, 1.807) is 47.4 Å². The van der Waals surface area contributed by atoms with Crippen LogP contribution in [0.2, 0.25) is 0 Å². The Balaban J connectivity index is 1.34. The Hall–Kier alpha value is -4.51. The van der Waals surface area contributed by atoms with Gasteiger partial charge in [-0.1, -0.05) is 6.07 Å². The molecule has 0 radical (unpaired) electrons. The van der Waals surface area contributed by atoms with Gasteiger partial charge in [-0.25, -0.2) is 4.98 Å². The zero-order valence-electron chi connectivity index (χ0n) is 22.6. The van der Waals surface area contributed by atoms with Crippen molar-refractivity contribution in [2.24, 2.45) is 0 Å². The van der Waals surface area contributed by atoms with Crippen LogP contribution in [0.4, 0.5) is 5.82 Å². The Labute approximate surface area is 231 Å². The standard InChI is InChI=1S/C29H31N7O4/c1-32(36-22(19-40-2)8-12-31-36)17-20-6-5-14-34(28(20)38)25-9-11-30-27(24(25)18-37)35-15-10-26-23(29(35)39)16-21-7-3-4-13-33(21)26/h5-6,8-9,11-12,14,16,18H,3-4,7,10,13,15,17,19H2,1-2H3. The van der Waals surface area contributed by atoms with Gasteiger partial charge in [0.15, 0.2) is 6.29 Å². The lowest BCUT2D eigenvalue weighted by molar-refractivity contribution is 0.0979. The maximum absolute atomic E-state index is 13.6. The van der Waals surface area contributed by atoms with Crippen molar-refractivity contribution in [2.75, 3.05) is 30.6 Å². The highest BCUT2D eigenvalue weighted by Crippen LogP contribution is 2.31. The third-order valence-electron chi connectivity index (χ3n) is 7.73. The quantitative estimate of drug-likeness (QED) is 0.316. The van der Waals surface area contributed by atoms with Gasteiger partial charge in [0.2, 0.25) is 0 Å². The number of ether oxygens (including phenoxy) is 1. The lowest BCUT2D eigenvalue weighted by Crippen LogP contribution is -2.39. The summed E-state index contributed by atoms with van der Waals surface area (Å²) in [5.74, 6) is 0.104. The van der Waals surface area contributed by atoms with Gasteiger partial charge in [-0.2, -0.15) is 9.89 Å². The molecule has 6 heterocycles. The Kier molecular flexibility index (Phi) is 6.81. The van der Waals surface area contributed by atoms with Crippen LogP contribution >= 0.6 is 0 Å². The molecule has 0 unspecified atom stereocenters. The number of amides is 1. The fourth-order valence-corrected chi connectivity index (χ4v) is 5.87. The van der Waals surface area contributed by atoms with Crippen molar-refractivity contribution < 1.29 is 14.3 Å². The van der Waals surface area contributed by atoms with Gasteiger partial charge in [-0.15, -0.1) is 0 Å². The van der Waals surface area contributed by atoms with E-state index in [4.69, 9.17) is 4.74 Å². The molecule has 11 heteroatoms. The molecular weight excluding hydrogens is 510 g/mol. The monoisotopic (exact) mass is 541 g/mol. The summed E-state index contributed by atoms with van der Waals surface area (Å²) in [5.41, 5.74) is 4.61. The summed E-state index contributed by atoms with van der Waals surface area (Å²) in [7, 11) is 3.45. The van der Waals surface area contributed by atoms with Crippen LogP contribution < -0.4 is 15.5 Å². The van der Waals surface area contributed by atoms with Crippen LogP contribution in [0.3, 0.4) is 0 Å². The molecule has 1 amide bonds. The number of hydrogen-bond donors (Lipinski definition) is 0. The Morgan fingerprint density at radius 3 is 2.80 bits per heavy atom. The molecule has 11 nitrogen and oxygen atoms in total. The minimum atomic E-state index is -0.276. The lowest BCUT2D eigenvalue weighted by atomic mass is 10.1. The van der Waals surface area contributed by atoms with E-state index in [-0.39, 0.29) is 29.4 Å². The first kappa shape index (κ1) is 25.8. The van der Waals surface area contributed by atoms with Crippen LogP contribution in [0, 0.1) is 0 Å². The molecule has 4 aromatic heterocycles. The van der Waals surface area contributed by atoms with Crippen molar-refractivity contribution in [3.05, 3.63) is 93.0 Å². The SMILES string of the molecule is COCc1ccnn1N(C)Cc1cccn(-c2ccnc(N3CCc4c(cc5n4CCCC5)C3=O)c2C=O)c1=O. The zero-order valence-corrected chi connectivity index (χ0v) is 22.6. The van der Waals surface area contributed by atoms with E-state index in [2.05, 4.69) is 14.6 Å². The number of carbonyl (C=O) groups is 2. The van der Waals surface area contributed by atoms with Gasteiger partial charge < -0.3 is 9.30 Å².